The van der Waals surface area contributed by atoms with Crippen molar-refractivity contribution >= 4 is 21.0 Å². The van der Waals surface area contributed by atoms with Gasteiger partial charge in [0.15, 0.2) is 5.82 Å². The Kier molecular flexibility index (Phi) is 10.9. The molecule has 0 aliphatic carbocycles. The van der Waals surface area contributed by atoms with Crippen molar-refractivity contribution in [2.24, 2.45) is 0 Å². The Morgan fingerprint density at radius 3 is 1.84 bits per heavy atom. The first kappa shape index (κ1) is 38.3. The summed E-state index contributed by atoms with van der Waals surface area (Å²) in [6.45, 7) is 2.27. The van der Waals surface area contributed by atoms with Crippen molar-refractivity contribution in [3.63, 3.8) is 0 Å². The highest BCUT2D eigenvalue weighted by molar-refractivity contribution is 7.85. The monoisotopic (exact) mass is 786 g/mol. The molecule has 11 heteroatoms. The van der Waals surface area contributed by atoms with Gasteiger partial charge < -0.3 is 0 Å². The van der Waals surface area contributed by atoms with Crippen LogP contribution in [0.25, 0.3) is 33.4 Å². The number of hydrogen-bond acceptors (Lipinski definition) is 8. The maximum atomic E-state index is 14.1. The van der Waals surface area contributed by atoms with Crippen LogP contribution in [-0.4, -0.2) is 44.4 Å². The van der Waals surface area contributed by atoms with Gasteiger partial charge in [-0.15, -0.1) is 5.10 Å². The average molecular weight is 787 g/mol. The van der Waals surface area contributed by atoms with Gasteiger partial charge >= 0.3 is 0 Å². The van der Waals surface area contributed by atoms with Gasteiger partial charge in [-0.3, -0.25) is 13.5 Å². The van der Waals surface area contributed by atoms with Gasteiger partial charge in [0.25, 0.3) is 15.7 Å². The van der Waals surface area contributed by atoms with Crippen molar-refractivity contribution in [3.05, 3.63) is 202 Å². The molecule has 0 bridgehead atoms. The largest absolute Gasteiger partial charge is 0.292 e. The Hall–Kier alpha value is -6.56. The van der Waals surface area contributed by atoms with E-state index in [-0.39, 0.29) is 12.2 Å². The van der Waals surface area contributed by atoms with E-state index in [1.807, 2.05) is 89.6 Å². The second-order valence-corrected chi connectivity index (χ2v) is 15.9. The van der Waals surface area contributed by atoms with Crippen molar-refractivity contribution in [2.45, 2.75) is 44.9 Å². The van der Waals surface area contributed by atoms with Crippen molar-refractivity contribution in [2.75, 3.05) is 6.26 Å². The molecular formula is C47H42N6O4S. The van der Waals surface area contributed by atoms with Crippen LogP contribution in [-0.2, 0) is 39.4 Å². The first-order valence-corrected chi connectivity index (χ1v) is 21.1. The molecule has 58 heavy (non-hydrogen) atoms. The number of fused-ring (bicyclic) bond motifs is 1. The molecule has 0 fully saturated rings. The summed E-state index contributed by atoms with van der Waals surface area (Å²) in [6, 6.07) is 52.5. The lowest BCUT2D eigenvalue weighted by atomic mass is 9.77. The van der Waals surface area contributed by atoms with Gasteiger partial charge in [0.2, 0.25) is 0 Å². The van der Waals surface area contributed by atoms with Crippen LogP contribution in [0.1, 0.15) is 53.4 Å². The summed E-state index contributed by atoms with van der Waals surface area (Å²) in [6.07, 6.45) is 3.49. The van der Waals surface area contributed by atoms with Gasteiger partial charge in [-0.2, -0.15) is 8.42 Å². The molecule has 0 aliphatic heterocycles. The van der Waals surface area contributed by atoms with Crippen LogP contribution < -0.4 is 5.56 Å². The highest BCUT2D eigenvalue weighted by Crippen LogP contribution is 2.43. The molecule has 0 saturated carbocycles. The molecule has 8 aromatic rings. The number of rotatable bonds is 14. The number of unbranched alkanes of at least 4 members (excludes halogenated alkanes) is 1. The first-order chi connectivity index (χ1) is 28.3. The van der Waals surface area contributed by atoms with Gasteiger partial charge in [-0.25, -0.2) is 9.67 Å². The van der Waals surface area contributed by atoms with E-state index in [9.17, 15) is 13.2 Å². The topological polar surface area (TPSA) is 122 Å². The van der Waals surface area contributed by atoms with E-state index in [1.165, 1.54) is 0 Å². The second-order valence-electron chi connectivity index (χ2n) is 14.3. The smallest absolute Gasteiger partial charge is 0.264 e. The first-order valence-electron chi connectivity index (χ1n) is 19.3. The van der Waals surface area contributed by atoms with E-state index in [0.717, 1.165) is 58.0 Å². The maximum Gasteiger partial charge on any atom is 0.264 e. The maximum absolute atomic E-state index is 14.1. The van der Waals surface area contributed by atoms with Gasteiger partial charge in [-0.1, -0.05) is 159 Å². The number of nitrogens with zero attached hydrogens (tertiary/aromatic N) is 6. The van der Waals surface area contributed by atoms with Crippen LogP contribution in [0.15, 0.2) is 163 Å². The van der Waals surface area contributed by atoms with E-state index in [4.69, 9.17) is 19.5 Å². The normalized spacial score (nSPS) is 11.9. The van der Waals surface area contributed by atoms with Crippen molar-refractivity contribution in [1.29, 1.82) is 0 Å². The fourth-order valence-electron chi connectivity index (χ4n) is 7.66. The Bertz CT molecular complexity index is 2750. The third-order valence-electron chi connectivity index (χ3n) is 10.4. The number of tetrazole rings is 1. The summed E-state index contributed by atoms with van der Waals surface area (Å²) in [5.41, 5.74) is 6.80. The molecule has 10 nitrogen and oxygen atoms in total. The molecule has 0 amide bonds. The fraction of sp³-hybridized carbons (Fsp3) is 0.170. The summed E-state index contributed by atoms with van der Waals surface area (Å²) in [7, 11) is -3.64. The van der Waals surface area contributed by atoms with Crippen LogP contribution >= 0.6 is 0 Å². The quantitative estimate of drug-likeness (QED) is 0.0796. The number of hydrogen-bond donors (Lipinski definition) is 0. The highest BCUT2D eigenvalue weighted by atomic mass is 32.2. The third kappa shape index (κ3) is 7.61. The van der Waals surface area contributed by atoms with E-state index in [0.29, 0.717) is 41.1 Å². The van der Waals surface area contributed by atoms with E-state index in [1.54, 1.807) is 22.8 Å². The molecule has 0 unspecified atom stereocenters. The zero-order chi connectivity index (χ0) is 40.1. The minimum atomic E-state index is -3.64. The second kappa shape index (κ2) is 16.5. The zero-order valence-corrected chi connectivity index (χ0v) is 33.1. The van der Waals surface area contributed by atoms with Crippen molar-refractivity contribution < 1.29 is 12.6 Å². The SMILES string of the molecule is CCCCc1nc2ccc(COS(C)(=O)=O)cc2c(=O)n1Cc1ccc(-c2ccccc2-c2nnnn2C(c2ccccc2)(c2ccccc2)c2ccccc2)cc1. The van der Waals surface area contributed by atoms with E-state index >= 15 is 0 Å². The van der Waals surface area contributed by atoms with Crippen LogP contribution in [0, 0.1) is 0 Å². The molecule has 6 aromatic carbocycles. The molecule has 0 radical (unpaired) electrons. The Morgan fingerprint density at radius 2 is 1.26 bits per heavy atom. The molecule has 0 atom stereocenters. The lowest BCUT2D eigenvalue weighted by Crippen LogP contribution is -2.39. The lowest BCUT2D eigenvalue weighted by molar-refractivity contribution is 0.312. The Balaban J connectivity index is 1.19. The molecule has 290 valence electrons. The molecular weight excluding hydrogens is 745 g/mol. The van der Waals surface area contributed by atoms with Crippen molar-refractivity contribution in [1.82, 2.24) is 29.8 Å². The van der Waals surface area contributed by atoms with E-state index < -0.39 is 15.7 Å². The Labute approximate surface area is 337 Å². The zero-order valence-electron chi connectivity index (χ0n) is 32.3. The van der Waals surface area contributed by atoms with E-state index in [2.05, 4.69) is 66.7 Å². The van der Waals surface area contributed by atoms with Crippen LogP contribution in [0.5, 0.6) is 0 Å². The summed E-state index contributed by atoms with van der Waals surface area (Å²) in [4.78, 5) is 19.0. The molecule has 8 rings (SSSR count). The molecule has 0 N–H and O–H groups in total. The van der Waals surface area contributed by atoms with Gasteiger partial charge in [0.1, 0.15) is 11.4 Å². The minimum Gasteiger partial charge on any atom is -0.292 e. The van der Waals surface area contributed by atoms with Crippen LogP contribution in [0.3, 0.4) is 0 Å². The fourth-order valence-corrected chi connectivity index (χ4v) is 8.01. The van der Waals surface area contributed by atoms with Crippen molar-refractivity contribution in [3.8, 4) is 22.5 Å². The average Bonchev–Trinajstić information content (AvgIpc) is 3.75. The van der Waals surface area contributed by atoms with Crippen LogP contribution in [0.2, 0.25) is 0 Å². The van der Waals surface area contributed by atoms with Gasteiger partial charge in [0, 0.05) is 12.0 Å². The lowest BCUT2D eigenvalue weighted by Gasteiger charge is -2.36. The van der Waals surface area contributed by atoms with Gasteiger partial charge in [0.05, 0.1) is 30.3 Å². The minimum absolute atomic E-state index is 0.160. The van der Waals surface area contributed by atoms with Crippen LogP contribution in [0.4, 0.5) is 0 Å². The molecule has 0 spiro atoms. The molecule has 2 heterocycles. The summed E-state index contributed by atoms with van der Waals surface area (Å²) >= 11 is 0. The molecule has 0 aliphatic rings. The number of aromatic nitrogens is 6. The number of aryl methyl sites for hydroxylation is 1. The highest BCUT2D eigenvalue weighted by Gasteiger charge is 2.42. The summed E-state index contributed by atoms with van der Waals surface area (Å²) in [5, 5.41) is 14.2. The predicted octanol–water partition coefficient (Wildman–Crippen LogP) is 8.42. The Morgan fingerprint density at radius 1 is 0.690 bits per heavy atom. The standard InChI is InChI=1S/C47H42N6O4S/c1-3-4-24-44-48-43-30-27-35(33-57-58(2,55)56)31-42(43)46(54)52(44)32-34-25-28-36(29-26-34)40-22-14-15-23-41(40)45-49-50-51-53(45)47(37-16-8-5-9-17-37,38-18-10-6-11-19-38)39-20-12-7-13-21-39/h5-23,25-31H,3-4,24,32-33H2,1-2H3. The van der Waals surface area contributed by atoms with Gasteiger partial charge in [-0.05, 0) is 67.9 Å². The summed E-state index contributed by atoms with van der Waals surface area (Å²) in [5.74, 6) is 1.31. The number of benzene rings is 6. The predicted molar refractivity (Wildman–Crippen MR) is 227 cm³/mol. The third-order valence-corrected chi connectivity index (χ3v) is 11.0. The molecule has 2 aromatic heterocycles. The molecule has 0 saturated heterocycles. The summed E-state index contributed by atoms with van der Waals surface area (Å²) < 4.78 is 31.9.